The van der Waals surface area contributed by atoms with E-state index in [1.807, 2.05) is 6.07 Å². The maximum Gasteiger partial charge on any atom is 0.133 e. The van der Waals surface area contributed by atoms with Crippen LogP contribution in [0.5, 0.6) is 0 Å². The van der Waals surface area contributed by atoms with Gasteiger partial charge in [-0.15, -0.1) is 0 Å². The minimum absolute atomic E-state index is 0.995. The van der Waals surface area contributed by atoms with Crippen LogP contribution in [0.25, 0.3) is 16.9 Å². The first-order valence-electron chi connectivity index (χ1n) is 8.98. The number of para-hydroxylation sites is 1. The number of benzene rings is 2. The first-order valence-corrected chi connectivity index (χ1v) is 9.78. The largest absolute Gasteiger partial charge is 0.370 e. The number of aryl methyl sites for hydroxylation is 1. The van der Waals surface area contributed by atoms with E-state index in [0.717, 1.165) is 40.9 Å². The van der Waals surface area contributed by atoms with Gasteiger partial charge >= 0.3 is 0 Å². The standard InChI is InChI=1S/C21H22BrN3/c1-2-15-9-3-6-13-19(15)25-21-17(11-7-8-14-23-21)20(24-25)16-10-4-5-12-18(16)22/h3-6,9-10,12-13,23H,2,7-8,11,14H2,1H3. The highest BCUT2D eigenvalue weighted by molar-refractivity contribution is 9.10. The average molecular weight is 396 g/mol. The molecule has 0 bridgehead atoms. The van der Waals surface area contributed by atoms with Gasteiger partial charge in [0.05, 0.1) is 11.4 Å². The summed E-state index contributed by atoms with van der Waals surface area (Å²) in [5, 5.41) is 8.71. The van der Waals surface area contributed by atoms with Crippen LogP contribution in [0.4, 0.5) is 5.82 Å². The predicted octanol–water partition coefficient (Wildman–Crippen LogP) is 5.61. The molecule has 3 nitrogen and oxygen atoms in total. The van der Waals surface area contributed by atoms with Crippen molar-refractivity contribution in [3.63, 3.8) is 0 Å². The summed E-state index contributed by atoms with van der Waals surface area (Å²) in [6.07, 6.45) is 4.44. The van der Waals surface area contributed by atoms with Crippen molar-refractivity contribution in [1.82, 2.24) is 9.78 Å². The van der Waals surface area contributed by atoms with Crippen molar-refractivity contribution in [3.8, 4) is 16.9 Å². The molecule has 0 amide bonds. The third kappa shape index (κ3) is 2.99. The molecule has 25 heavy (non-hydrogen) atoms. The molecule has 0 atom stereocenters. The van der Waals surface area contributed by atoms with E-state index >= 15 is 0 Å². The molecule has 1 aromatic heterocycles. The summed E-state index contributed by atoms with van der Waals surface area (Å²) in [7, 11) is 0. The molecule has 0 unspecified atom stereocenters. The zero-order chi connectivity index (χ0) is 17.2. The fourth-order valence-corrected chi connectivity index (χ4v) is 4.04. The first-order chi connectivity index (χ1) is 12.3. The van der Waals surface area contributed by atoms with Gasteiger partial charge in [0.15, 0.2) is 0 Å². The molecule has 0 saturated carbocycles. The Bertz CT molecular complexity index is 898. The number of nitrogens with zero attached hydrogens (tertiary/aromatic N) is 2. The summed E-state index contributed by atoms with van der Waals surface area (Å²) in [4.78, 5) is 0. The van der Waals surface area contributed by atoms with Crippen LogP contribution in [-0.2, 0) is 12.8 Å². The summed E-state index contributed by atoms with van der Waals surface area (Å²) in [6, 6.07) is 16.9. The van der Waals surface area contributed by atoms with Crippen LogP contribution in [0, 0.1) is 0 Å². The highest BCUT2D eigenvalue weighted by atomic mass is 79.9. The van der Waals surface area contributed by atoms with Crippen LogP contribution < -0.4 is 5.32 Å². The molecular weight excluding hydrogens is 374 g/mol. The van der Waals surface area contributed by atoms with Crippen molar-refractivity contribution in [2.45, 2.75) is 32.6 Å². The maximum absolute atomic E-state index is 5.07. The van der Waals surface area contributed by atoms with Gasteiger partial charge in [0, 0.05) is 22.1 Å². The zero-order valence-electron chi connectivity index (χ0n) is 14.4. The summed E-state index contributed by atoms with van der Waals surface area (Å²) in [6.45, 7) is 3.20. The Kier molecular flexibility index (Phi) is 4.62. The number of fused-ring (bicyclic) bond motifs is 1. The number of hydrogen-bond donors (Lipinski definition) is 1. The minimum Gasteiger partial charge on any atom is -0.370 e. The number of anilines is 1. The van der Waals surface area contributed by atoms with Crippen molar-refractivity contribution in [2.75, 3.05) is 11.9 Å². The van der Waals surface area contributed by atoms with Gasteiger partial charge in [-0.3, -0.25) is 0 Å². The van der Waals surface area contributed by atoms with Crippen LogP contribution in [0.3, 0.4) is 0 Å². The van der Waals surface area contributed by atoms with E-state index in [9.17, 15) is 0 Å². The Balaban J connectivity index is 1.96. The molecule has 0 radical (unpaired) electrons. The molecule has 1 aliphatic heterocycles. The highest BCUT2D eigenvalue weighted by Crippen LogP contribution is 2.37. The van der Waals surface area contributed by atoms with Gasteiger partial charge in [-0.2, -0.15) is 5.10 Å². The van der Waals surface area contributed by atoms with Gasteiger partial charge in [0.2, 0.25) is 0 Å². The molecule has 2 heterocycles. The van der Waals surface area contributed by atoms with E-state index < -0.39 is 0 Å². The summed E-state index contributed by atoms with van der Waals surface area (Å²) in [5.74, 6) is 1.16. The first kappa shape index (κ1) is 16.4. The summed E-state index contributed by atoms with van der Waals surface area (Å²) < 4.78 is 3.21. The SMILES string of the molecule is CCc1ccccc1-n1nc(-c2ccccc2Br)c2c1NCCCC2. The van der Waals surface area contributed by atoms with Gasteiger partial charge in [-0.25, -0.2) is 4.68 Å². The summed E-state index contributed by atoms with van der Waals surface area (Å²) in [5.41, 5.74) is 6.07. The Morgan fingerprint density at radius 3 is 2.72 bits per heavy atom. The fourth-order valence-electron chi connectivity index (χ4n) is 3.56. The van der Waals surface area contributed by atoms with Crippen molar-refractivity contribution >= 4 is 21.7 Å². The second-order valence-electron chi connectivity index (χ2n) is 6.43. The molecule has 1 aliphatic rings. The van der Waals surface area contributed by atoms with Crippen molar-refractivity contribution < 1.29 is 0 Å². The minimum atomic E-state index is 0.995. The monoisotopic (exact) mass is 395 g/mol. The van der Waals surface area contributed by atoms with Crippen LogP contribution >= 0.6 is 15.9 Å². The second kappa shape index (κ2) is 7.04. The van der Waals surface area contributed by atoms with Gasteiger partial charge in [-0.1, -0.05) is 59.3 Å². The van der Waals surface area contributed by atoms with Gasteiger partial charge in [0.1, 0.15) is 5.82 Å². The molecular formula is C21H22BrN3. The van der Waals surface area contributed by atoms with E-state index in [0.29, 0.717) is 0 Å². The third-order valence-electron chi connectivity index (χ3n) is 4.86. The molecule has 2 aromatic carbocycles. The van der Waals surface area contributed by atoms with E-state index in [1.54, 1.807) is 0 Å². The topological polar surface area (TPSA) is 29.9 Å². The second-order valence-corrected chi connectivity index (χ2v) is 7.29. The van der Waals surface area contributed by atoms with Gasteiger partial charge in [-0.05, 0) is 43.4 Å². The summed E-state index contributed by atoms with van der Waals surface area (Å²) >= 11 is 3.70. The maximum atomic E-state index is 5.07. The van der Waals surface area contributed by atoms with Crippen LogP contribution in [0.1, 0.15) is 30.9 Å². The molecule has 0 saturated heterocycles. The van der Waals surface area contributed by atoms with E-state index in [2.05, 4.69) is 75.3 Å². The lowest BCUT2D eigenvalue weighted by molar-refractivity contribution is 0.779. The van der Waals surface area contributed by atoms with Crippen molar-refractivity contribution in [1.29, 1.82) is 0 Å². The third-order valence-corrected chi connectivity index (χ3v) is 5.55. The van der Waals surface area contributed by atoms with Crippen LogP contribution in [0.15, 0.2) is 53.0 Å². The van der Waals surface area contributed by atoms with E-state index in [4.69, 9.17) is 5.10 Å². The Labute approximate surface area is 157 Å². The molecule has 3 aromatic rings. The lowest BCUT2D eigenvalue weighted by Gasteiger charge is -2.12. The van der Waals surface area contributed by atoms with Gasteiger partial charge in [0.25, 0.3) is 0 Å². The molecule has 4 heteroatoms. The van der Waals surface area contributed by atoms with Crippen molar-refractivity contribution in [3.05, 3.63) is 64.1 Å². The predicted molar refractivity (Wildman–Crippen MR) is 108 cm³/mol. The van der Waals surface area contributed by atoms with Crippen LogP contribution in [0.2, 0.25) is 0 Å². The average Bonchev–Trinajstić information content (AvgIpc) is 2.83. The van der Waals surface area contributed by atoms with Gasteiger partial charge < -0.3 is 5.32 Å². The Morgan fingerprint density at radius 1 is 1.08 bits per heavy atom. The number of rotatable bonds is 3. The zero-order valence-corrected chi connectivity index (χ0v) is 16.0. The highest BCUT2D eigenvalue weighted by Gasteiger charge is 2.23. The number of halogens is 1. The lowest BCUT2D eigenvalue weighted by Crippen LogP contribution is -2.08. The molecule has 1 N–H and O–H groups in total. The van der Waals surface area contributed by atoms with E-state index in [1.165, 1.54) is 29.7 Å². The normalized spacial score (nSPS) is 13.8. The molecule has 0 spiro atoms. The number of nitrogens with one attached hydrogen (secondary N) is 1. The molecule has 0 fully saturated rings. The Morgan fingerprint density at radius 2 is 1.88 bits per heavy atom. The lowest BCUT2D eigenvalue weighted by atomic mass is 10.0. The molecule has 4 rings (SSSR count). The quantitative estimate of drug-likeness (QED) is 0.624. The molecule has 128 valence electrons. The van der Waals surface area contributed by atoms with Crippen LogP contribution in [-0.4, -0.2) is 16.3 Å². The molecule has 0 aliphatic carbocycles. The number of aromatic nitrogens is 2. The van der Waals surface area contributed by atoms with E-state index in [-0.39, 0.29) is 0 Å². The number of hydrogen-bond acceptors (Lipinski definition) is 2. The fraction of sp³-hybridized carbons (Fsp3) is 0.286. The van der Waals surface area contributed by atoms with Crippen molar-refractivity contribution in [2.24, 2.45) is 0 Å². The Hall–Kier alpha value is -2.07. The smallest absolute Gasteiger partial charge is 0.133 e.